The molecule has 0 aliphatic heterocycles. The molecule has 0 radical (unpaired) electrons. The van der Waals surface area contributed by atoms with Gasteiger partial charge < -0.3 is 13.6 Å². The van der Waals surface area contributed by atoms with Gasteiger partial charge in [0.1, 0.15) is 11.2 Å². The van der Waals surface area contributed by atoms with Crippen LogP contribution in [0.2, 0.25) is 0 Å². The van der Waals surface area contributed by atoms with Gasteiger partial charge in [-0.2, -0.15) is 0 Å². The van der Waals surface area contributed by atoms with Crippen LogP contribution in [0.15, 0.2) is 229 Å². The molecule has 0 fully saturated rings. The molecule has 0 spiro atoms. The van der Waals surface area contributed by atoms with Crippen molar-refractivity contribution < 1.29 is 4.42 Å². The zero-order chi connectivity index (χ0) is 45.2. The Morgan fingerprint density at radius 2 is 0.957 bits per heavy atom. The fourth-order valence-corrected chi connectivity index (χ4v) is 11.0. The number of fused-ring (bicyclic) bond motifs is 13. The first-order chi connectivity index (χ1) is 34.2. The Balaban J connectivity index is 1.06. The van der Waals surface area contributed by atoms with Crippen LogP contribution in [0.4, 0.5) is 0 Å². The summed E-state index contributed by atoms with van der Waals surface area (Å²) in [5.74, 6) is 1.71. The van der Waals surface area contributed by atoms with Crippen LogP contribution in [-0.2, 0) is 0 Å². The van der Waals surface area contributed by atoms with Crippen molar-refractivity contribution in [1.82, 2.24) is 24.1 Å². The predicted molar refractivity (Wildman–Crippen MR) is 285 cm³/mol. The van der Waals surface area contributed by atoms with Crippen molar-refractivity contribution >= 4 is 97.9 Å². The average Bonchev–Trinajstić information content (AvgIpc) is 4.07. The van der Waals surface area contributed by atoms with Crippen LogP contribution in [0, 0.1) is 0 Å². The van der Waals surface area contributed by atoms with Crippen LogP contribution in [0.5, 0.6) is 0 Å². The van der Waals surface area contributed by atoms with E-state index in [1.54, 1.807) is 0 Å². The SMILES string of the molecule is c1ccc(-n2c3ccccc3c3cccc(-c4nc(-c5ccc6ccccc6c5)nc(-c5cc(-n6c7cc8ccccc8cc7c7c8ccccc8ccc76)c6c(c5)oc5ccccc56)n4)c32)cc1. The average molecular weight is 880 g/mol. The van der Waals surface area contributed by atoms with Crippen molar-refractivity contribution in [2.75, 3.05) is 0 Å². The molecule has 11 aromatic carbocycles. The van der Waals surface area contributed by atoms with Crippen LogP contribution in [-0.4, -0.2) is 24.1 Å². The molecule has 6 heteroatoms. The third-order valence-electron chi connectivity index (χ3n) is 14.1. The highest BCUT2D eigenvalue weighted by Crippen LogP contribution is 2.44. The Morgan fingerprint density at radius 1 is 0.319 bits per heavy atom. The molecule has 0 amide bonds. The Labute approximate surface area is 394 Å². The first kappa shape index (κ1) is 37.8. The molecule has 15 rings (SSSR count). The van der Waals surface area contributed by atoms with Gasteiger partial charge in [-0.25, -0.2) is 15.0 Å². The molecule has 0 saturated carbocycles. The van der Waals surface area contributed by atoms with Crippen molar-refractivity contribution in [3.05, 3.63) is 224 Å². The molecule has 0 N–H and O–H groups in total. The van der Waals surface area contributed by atoms with Gasteiger partial charge >= 0.3 is 0 Å². The number of nitrogens with zero attached hydrogens (tertiary/aromatic N) is 5. The molecule has 4 heterocycles. The van der Waals surface area contributed by atoms with E-state index in [-0.39, 0.29) is 0 Å². The summed E-state index contributed by atoms with van der Waals surface area (Å²) in [5, 5.41) is 13.8. The molecule has 0 unspecified atom stereocenters. The van der Waals surface area contributed by atoms with E-state index in [0.717, 1.165) is 93.6 Å². The summed E-state index contributed by atoms with van der Waals surface area (Å²) < 4.78 is 11.6. The van der Waals surface area contributed by atoms with E-state index in [9.17, 15) is 0 Å². The van der Waals surface area contributed by atoms with E-state index in [1.807, 2.05) is 6.07 Å². The molecule has 0 saturated heterocycles. The van der Waals surface area contributed by atoms with Crippen LogP contribution in [0.3, 0.4) is 0 Å². The smallest absolute Gasteiger partial charge is 0.166 e. The van der Waals surface area contributed by atoms with E-state index < -0.39 is 0 Å². The maximum Gasteiger partial charge on any atom is 0.166 e. The summed E-state index contributed by atoms with van der Waals surface area (Å²) in [7, 11) is 0. The standard InChI is InChI=1S/C63H37N5O/c1-2-20-45(21-3-1)67-52-27-12-10-23-47(52)48-25-14-26-50(60(48)67)63-65-61(43-30-29-38-15-4-5-17-40(38)33-43)64-62(66-63)44-36-55(59-49-24-11-13-28-56(49)69-57(59)37-44)68-53-32-31-39-16-8-9-22-46(39)58(53)51-34-41-18-6-7-19-42(41)35-54(51)68/h1-37H. The molecule has 15 aromatic rings. The number of furan rings is 1. The Bertz CT molecular complexity index is 4620. The maximum absolute atomic E-state index is 6.86. The quantitative estimate of drug-likeness (QED) is 0.173. The third kappa shape index (κ3) is 5.69. The molecule has 0 aliphatic carbocycles. The maximum atomic E-state index is 6.86. The van der Waals surface area contributed by atoms with E-state index in [4.69, 9.17) is 19.4 Å². The number of aromatic nitrogens is 5. The van der Waals surface area contributed by atoms with Gasteiger partial charge in [-0.15, -0.1) is 0 Å². The second-order valence-electron chi connectivity index (χ2n) is 18.0. The van der Waals surface area contributed by atoms with Crippen LogP contribution in [0.1, 0.15) is 0 Å². The largest absolute Gasteiger partial charge is 0.456 e. The lowest BCUT2D eigenvalue weighted by molar-refractivity contribution is 0.669. The summed E-state index contributed by atoms with van der Waals surface area (Å²) in [6, 6.07) is 79.7. The minimum Gasteiger partial charge on any atom is -0.456 e. The van der Waals surface area contributed by atoms with Gasteiger partial charge in [-0.05, 0) is 99.0 Å². The third-order valence-corrected chi connectivity index (χ3v) is 14.1. The lowest BCUT2D eigenvalue weighted by Gasteiger charge is -2.14. The second kappa shape index (κ2) is 14.6. The molecule has 0 bridgehead atoms. The van der Waals surface area contributed by atoms with Gasteiger partial charge in [0.05, 0.1) is 33.1 Å². The van der Waals surface area contributed by atoms with Crippen molar-refractivity contribution in [3.8, 4) is 45.5 Å². The summed E-state index contributed by atoms with van der Waals surface area (Å²) in [6.07, 6.45) is 0. The van der Waals surface area contributed by atoms with E-state index in [2.05, 4.69) is 228 Å². The van der Waals surface area contributed by atoms with Gasteiger partial charge in [-0.3, -0.25) is 0 Å². The first-order valence-corrected chi connectivity index (χ1v) is 23.3. The number of hydrogen-bond donors (Lipinski definition) is 0. The monoisotopic (exact) mass is 879 g/mol. The van der Waals surface area contributed by atoms with Crippen LogP contribution < -0.4 is 0 Å². The highest BCUT2D eigenvalue weighted by Gasteiger charge is 2.24. The summed E-state index contributed by atoms with van der Waals surface area (Å²) in [4.78, 5) is 16.3. The van der Waals surface area contributed by atoms with Gasteiger partial charge in [0.25, 0.3) is 0 Å². The summed E-state index contributed by atoms with van der Waals surface area (Å²) in [6.45, 7) is 0. The minimum atomic E-state index is 0.544. The normalized spacial score (nSPS) is 12.1. The van der Waals surface area contributed by atoms with Crippen LogP contribution in [0.25, 0.3) is 143 Å². The van der Waals surface area contributed by atoms with E-state index in [1.165, 1.54) is 32.3 Å². The molecule has 0 atom stereocenters. The second-order valence-corrected chi connectivity index (χ2v) is 18.0. The Morgan fingerprint density at radius 3 is 1.80 bits per heavy atom. The van der Waals surface area contributed by atoms with Gasteiger partial charge in [-0.1, -0.05) is 158 Å². The van der Waals surface area contributed by atoms with Crippen molar-refractivity contribution in [2.24, 2.45) is 0 Å². The number of benzene rings is 11. The fraction of sp³-hybridized carbons (Fsp3) is 0. The number of para-hydroxylation sites is 4. The highest BCUT2D eigenvalue weighted by molar-refractivity contribution is 6.24. The zero-order valence-electron chi connectivity index (χ0n) is 37.0. The van der Waals surface area contributed by atoms with E-state index in [0.29, 0.717) is 17.5 Å². The molecular weight excluding hydrogens is 843 g/mol. The Hall–Kier alpha value is -9.39. The molecule has 69 heavy (non-hydrogen) atoms. The van der Waals surface area contributed by atoms with Crippen molar-refractivity contribution in [2.45, 2.75) is 0 Å². The van der Waals surface area contributed by atoms with Crippen LogP contribution >= 0.6 is 0 Å². The van der Waals surface area contributed by atoms with Crippen molar-refractivity contribution in [1.29, 1.82) is 0 Å². The minimum absolute atomic E-state index is 0.544. The lowest BCUT2D eigenvalue weighted by atomic mass is 10.0. The lowest BCUT2D eigenvalue weighted by Crippen LogP contribution is -2.03. The number of hydrogen-bond acceptors (Lipinski definition) is 4. The van der Waals surface area contributed by atoms with Gasteiger partial charge in [0.2, 0.25) is 0 Å². The van der Waals surface area contributed by atoms with Crippen molar-refractivity contribution in [3.63, 3.8) is 0 Å². The number of rotatable bonds is 5. The zero-order valence-corrected chi connectivity index (χ0v) is 37.0. The molecule has 4 aromatic heterocycles. The predicted octanol–water partition coefficient (Wildman–Crippen LogP) is 16.4. The Kier molecular flexibility index (Phi) is 7.97. The van der Waals surface area contributed by atoms with E-state index >= 15 is 0 Å². The summed E-state index contributed by atoms with van der Waals surface area (Å²) in [5.41, 5.74) is 10.6. The highest BCUT2D eigenvalue weighted by atomic mass is 16.3. The van der Waals surface area contributed by atoms with Gasteiger partial charge in [0, 0.05) is 49.3 Å². The molecule has 6 nitrogen and oxygen atoms in total. The summed E-state index contributed by atoms with van der Waals surface area (Å²) >= 11 is 0. The molecule has 0 aliphatic rings. The van der Waals surface area contributed by atoms with Gasteiger partial charge in [0.15, 0.2) is 17.5 Å². The fourth-order valence-electron chi connectivity index (χ4n) is 11.0. The molecular formula is C63H37N5O. The topological polar surface area (TPSA) is 61.7 Å². The first-order valence-electron chi connectivity index (χ1n) is 23.3. The molecule has 320 valence electrons.